The molecule has 1 fully saturated rings. The van der Waals surface area contributed by atoms with Crippen LogP contribution in [0.15, 0.2) is 81.8 Å². The number of carbonyl (C=O) groups excluding carboxylic acids is 2. The van der Waals surface area contributed by atoms with Crippen molar-refractivity contribution in [2.45, 2.75) is 13.1 Å². The van der Waals surface area contributed by atoms with Gasteiger partial charge in [-0.25, -0.2) is 0 Å². The van der Waals surface area contributed by atoms with Crippen molar-refractivity contribution < 1.29 is 27.9 Å². The number of halogens is 3. The van der Waals surface area contributed by atoms with Crippen LogP contribution in [-0.4, -0.2) is 27.8 Å². The molecule has 7 nitrogen and oxygen atoms in total. The number of hydrogen-bond donors (Lipinski definition) is 2. The molecule has 2 N–H and O–H groups in total. The van der Waals surface area contributed by atoms with E-state index in [1.165, 1.54) is 30.3 Å². The number of alkyl halides is 3. The third kappa shape index (κ3) is 4.85. The Hall–Kier alpha value is -4.38. The number of hydrogen-bond acceptors (Lipinski definition) is 6. The zero-order valence-electron chi connectivity index (χ0n) is 19.1. The molecule has 0 radical (unpaired) electrons. The number of nitrogens with one attached hydrogen (secondary N) is 1. The van der Waals surface area contributed by atoms with Crippen molar-refractivity contribution in [3.05, 3.63) is 93.9 Å². The van der Waals surface area contributed by atoms with Gasteiger partial charge in [-0.1, -0.05) is 29.8 Å². The topological polar surface area (TPSA) is 94.4 Å². The van der Waals surface area contributed by atoms with E-state index in [1.807, 2.05) is 13.0 Å². The second-order valence-corrected chi connectivity index (χ2v) is 9.23. The van der Waals surface area contributed by atoms with Crippen molar-refractivity contribution in [3.8, 4) is 5.75 Å². The Morgan fingerprint density at radius 3 is 2.49 bits per heavy atom. The Morgan fingerprint density at radius 1 is 1.00 bits per heavy atom. The van der Waals surface area contributed by atoms with Crippen molar-refractivity contribution in [1.82, 2.24) is 0 Å². The lowest BCUT2D eigenvalue weighted by Gasteiger charge is -2.16. The van der Waals surface area contributed by atoms with Gasteiger partial charge < -0.3 is 10.4 Å². The maximum atomic E-state index is 13.4. The molecule has 2 heterocycles. The smallest absolute Gasteiger partial charge is 0.416 e. The van der Waals surface area contributed by atoms with E-state index in [0.29, 0.717) is 16.8 Å². The molecule has 0 spiro atoms. The summed E-state index contributed by atoms with van der Waals surface area (Å²) in [5.74, 6) is -1.05. The Morgan fingerprint density at radius 2 is 1.76 bits per heavy atom. The van der Waals surface area contributed by atoms with E-state index in [4.69, 9.17) is 0 Å². The van der Waals surface area contributed by atoms with Crippen LogP contribution in [0, 0.1) is 6.92 Å². The molecule has 1 saturated heterocycles. The number of amidine groups is 1. The van der Waals surface area contributed by atoms with E-state index in [9.17, 15) is 27.9 Å². The zero-order chi connectivity index (χ0) is 26.3. The van der Waals surface area contributed by atoms with Crippen LogP contribution in [-0.2, 0) is 15.8 Å². The summed E-state index contributed by atoms with van der Waals surface area (Å²) in [6.45, 7) is 1.86. The summed E-state index contributed by atoms with van der Waals surface area (Å²) >= 11 is 0.908. The highest BCUT2D eigenvalue weighted by Gasteiger charge is 2.37. The average molecular weight is 523 g/mol. The predicted octanol–water partition coefficient (Wildman–Crippen LogP) is 5.55. The molecule has 0 aromatic heterocycles. The fourth-order valence-corrected chi connectivity index (χ4v) is 4.70. The van der Waals surface area contributed by atoms with Crippen LogP contribution in [0.5, 0.6) is 5.75 Å². The molecule has 3 aromatic carbocycles. The number of benzene rings is 3. The molecule has 2 aliphatic rings. The highest BCUT2D eigenvalue weighted by Crippen LogP contribution is 2.39. The minimum absolute atomic E-state index is 0.0178. The summed E-state index contributed by atoms with van der Waals surface area (Å²) in [4.78, 5) is 27.0. The SMILES string of the molecule is Cc1ccc2c(c1)C(=NN=C1SC(=Cc3ccc(O)cc3)C(=O)N1c1cccc(C(F)(F)F)c1)C(=O)N2. The Bertz CT molecular complexity index is 1530. The van der Waals surface area contributed by atoms with Gasteiger partial charge in [-0.2, -0.15) is 13.2 Å². The number of phenols is 1. The van der Waals surface area contributed by atoms with Gasteiger partial charge in [0, 0.05) is 5.56 Å². The molecule has 2 aliphatic heterocycles. The number of nitrogens with zero attached hydrogens (tertiary/aromatic N) is 3. The van der Waals surface area contributed by atoms with E-state index >= 15 is 0 Å². The van der Waals surface area contributed by atoms with Gasteiger partial charge in [0.25, 0.3) is 11.8 Å². The van der Waals surface area contributed by atoms with Crippen molar-refractivity contribution in [2.75, 3.05) is 10.2 Å². The quantitative estimate of drug-likeness (QED) is 0.348. The Kier molecular flexibility index (Phi) is 6.08. The predicted molar refractivity (Wildman–Crippen MR) is 136 cm³/mol. The fourth-order valence-electron chi connectivity index (χ4n) is 3.77. The molecule has 5 rings (SSSR count). The molecular weight excluding hydrogens is 505 g/mol. The molecular formula is C26H17F3N4O3S. The monoisotopic (exact) mass is 522 g/mol. The maximum Gasteiger partial charge on any atom is 0.416 e. The lowest BCUT2D eigenvalue weighted by atomic mass is 10.1. The average Bonchev–Trinajstić information content (AvgIpc) is 3.33. The van der Waals surface area contributed by atoms with Crippen LogP contribution in [0.2, 0.25) is 0 Å². The number of aromatic hydroxyl groups is 1. The minimum atomic E-state index is -4.61. The van der Waals surface area contributed by atoms with Gasteiger partial charge in [-0.3, -0.25) is 14.5 Å². The van der Waals surface area contributed by atoms with Crippen molar-refractivity contribution in [2.24, 2.45) is 10.2 Å². The molecule has 0 bridgehead atoms. The second-order valence-electron chi connectivity index (χ2n) is 8.23. The first-order valence-corrected chi connectivity index (χ1v) is 11.7. The van der Waals surface area contributed by atoms with Gasteiger partial charge in [-0.05, 0) is 72.8 Å². The normalized spacial score (nSPS) is 18.7. The van der Waals surface area contributed by atoms with Gasteiger partial charge in [0.15, 0.2) is 5.71 Å². The number of aryl methyl sites for hydroxylation is 1. The molecule has 2 amide bonds. The number of thioether (sulfide) groups is 1. The number of anilines is 2. The van der Waals surface area contributed by atoms with Crippen molar-refractivity contribution in [3.63, 3.8) is 0 Å². The minimum Gasteiger partial charge on any atom is -0.508 e. The van der Waals surface area contributed by atoms with Crippen LogP contribution in [0.3, 0.4) is 0 Å². The van der Waals surface area contributed by atoms with Crippen LogP contribution in [0.25, 0.3) is 6.08 Å². The van der Waals surface area contributed by atoms with Crippen LogP contribution < -0.4 is 10.2 Å². The highest BCUT2D eigenvalue weighted by molar-refractivity contribution is 8.19. The first-order chi connectivity index (χ1) is 17.6. The van der Waals surface area contributed by atoms with Crippen LogP contribution >= 0.6 is 11.8 Å². The lowest BCUT2D eigenvalue weighted by Crippen LogP contribution is -2.29. The van der Waals surface area contributed by atoms with Crippen LogP contribution in [0.1, 0.15) is 22.3 Å². The number of amides is 2. The van der Waals surface area contributed by atoms with Crippen LogP contribution in [0.4, 0.5) is 24.5 Å². The van der Waals surface area contributed by atoms with E-state index in [-0.39, 0.29) is 27.2 Å². The lowest BCUT2D eigenvalue weighted by molar-refractivity contribution is -0.137. The summed E-state index contributed by atoms with van der Waals surface area (Å²) in [7, 11) is 0. The molecule has 0 aliphatic carbocycles. The molecule has 0 saturated carbocycles. The Balaban J connectivity index is 1.60. The second kappa shape index (κ2) is 9.25. The zero-order valence-corrected chi connectivity index (χ0v) is 19.9. The third-order valence-corrected chi connectivity index (χ3v) is 6.52. The van der Waals surface area contributed by atoms with Gasteiger partial charge in [0.05, 0.1) is 21.8 Å². The van der Waals surface area contributed by atoms with E-state index in [1.54, 1.807) is 24.3 Å². The molecule has 0 unspecified atom stereocenters. The maximum absolute atomic E-state index is 13.4. The Labute approximate surface area is 213 Å². The summed E-state index contributed by atoms with van der Waals surface area (Å²) < 4.78 is 40.1. The molecule has 11 heteroatoms. The van der Waals surface area contributed by atoms with E-state index < -0.39 is 23.6 Å². The van der Waals surface area contributed by atoms with Crippen molar-refractivity contribution in [1.29, 1.82) is 0 Å². The largest absolute Gasteiger partial charge is 0.508 e. The summed E-state index contributed by atoms with van der Waals surface area (Å²) in [5.41, 5.74) is 1.63. The summed E-state index contributed by atoms with van der Waals surface area (Å²) in [6, 6.07) is 15.7. The number of fused-ring (bicyclic) bond motifs is 1. The van der Waals surface area contributed by atoms with Gasteiger partial charge in [-0.15, -0.1) is 10.2 Å². The fraction of sp³-hybridized carbons (Fsp3) is 0.0769. The number of carbonyl (C=O) groups is 2. The standard InChI is InChI=1S/C26H17F3N4O3S/c1-14-5-10-20-19(11-14)22(23(35)30-20)31-32-25-33(17-4-2-3-16(13-17)26(27,28)29)24(36)21(37-25)12-15-6-8-18(34)9-7-15/h2-13,34H,1H3,(H,30,31,35). The first-order valence-electron chi connectivity index (χ1n) is 10.9. The molecule has 3 aromatic rings. The molecule has 37 heavy (non-hydrogen) atoms. The molecule has 0 atom stereocenters. The highest BCUT2D eigenvalue weighted by atomic mass is 32.2. The molecule has 186 valence electrons. The summed E-state index contributed by atoms with van der Waals surface area (Å²) in [5, 5.41) is 20.4. The van der Waals surface area contributed by atoms with E-state index in [2.05, 4.69) is 15.5 Å². The third-order valence-electron chi connectivity index (χ3n) is 5.56. The van der Waals surface area contributed by atoms with E-state index in [0.717, 1.165) is 34.4 Å². The van der Waals surface area contributed by atoms with Gasteiger partial charge in [0.2, 0.25) is 5.17 Å². The van der Waals surface area contributed by atoms with Gasteiger partial charge in [0.1, 0.15) is 5.75 Å². The summed E-state index contributed by atoms with van der Waals surface area (Å²) in [6.07, 6.45) is -3.08. The number of rotatable bonds is 3. The first kappa shape index (κ1) is 24.3. The number of phenolic OH excluding ortho intramolecular Hbond substituents is 1. The van der Waals surface area contributed by atoms with Gasteiger partial charge >= 0.3 is 6.18 Å². The van der Waals surface area contributed by atoms with Crippen molar-refractivity contribution >= 4 is 51.9 Å².